The van der Waals surface area contributed by atoms with Crippen LogP contribution >= 0.6 is 0 Å². The van der Waals surface area contributed by atoms with Gasteiger partial charge < -0.3 is 30.5 Å². The van der Waals surface area contributed by atoms with Crippen molar-refractivity contribution in [2.24, 2.45) is 17.6 Å². The molecule has 2 unspecified atom stereocenters. The van der Waals surface area contributed by atoms with Gasteiger partial charge in [0.15, 0.2) is 11.5 Å². The minimum absolute atomic E-state index is 0.101. The Hall–Kier alpha value is -2.58. The van der Waals surface area contributed by atoms with Crippen LogP contribution in [0.3, 0.4) is 0 Å². The standard InChI is InChI=1S/C30H49N3O5/c1-9-13-30(5,6)33(7)27-26(28(35)29(27)36)32-18-23(34)22(31)17-21(19(3)4)15-20-11-12-24(37-8)25(16-20)38-14-10-2/h11-12,16,19,21-23,32,34H,9-10,13-15,17-18,31H2,1-8H3/t21?,22?,23-/m0/s1. The molecule has 2 aromatic carbocycles. The van der Waals surface area contributed by atoms with Gasteiger partial charge in [0.1, 0.15) is 11.4 Å². The van der Waals surface area contributed by atoms with E-state index < -0.39 is 23.0 Å². The van der Waals surface area contributed by atoms with Crippen molar-refractivity contribution < 1.29 is 14.6 Å². The highest BCUT2D eigenvalue weighted by atomic mass is 16.5. The van der Waals surface area contributed by atoms with E-state index in [4.69, 9.17) is 15.2 Å². The van der Waals surface area contributed by atoms with Gasteiger partial charge in [0.2, 0.25) is 0 Å². The first-order chi connectivity index (χ1) is 17.9. The van der Waals surface area contributed by atoms with Gasteiger partial charge in [0, 0.05) is 25.2 Å². The molecule has 2 rings (SSSR count). The first-order valence-electron chi connectivity index (χ1n) is 13.9. The molecule has 3 atom stereocenters. The molecule has 38 heavy (non-hydrogen) atoms. The fraction of sp³-hybridized carbons (Fsp3) is 0.667. The van der Waals surface area contributed by atoms with Gasteiger partial charge in [-0.3, -0.25) is 9.59 Å². The Labute approximate surface area is 228 Å². The van der Waals surface area contributed by atoms with Gasteiger partial charge in [-0.1, -0.05) is 40.2 Å². The molecule has 4 N–H and O–H groups in total. The van der Waals surface area contributed by atoms with Crippen molar-refractivity contribution in [1.82, 2.24) is 0 Å². The third-order valence-corrected chi connectivity index (χ3v) is 7.68. The molecule has 0 aliphatic carbocycles. The number of ether oxygens (including phenoxy) is 2. The number of nitrogens with zero attached hydrogens (tertiary/aromatic N) is 1. The van der Waals surface area contributed by atoms with Crippen LogP contribution in [-0.4, -0.2) is 50.1 Å². The van der Waals surface area contributed by atoms with Crippen LogP contribution in [0.4, 0.5) is 11.4 Å². The van der Waals surface area contributed by atoms with Gasteiger partial charge in [0.25, 0.3) is 10.9 Å². The number of rotatable bonds is 17. The fourth-order valence-corrected chi connectivity index (χ4v) is 4.88. The van der Waals surface area contributed by atoms with E-state index in [0.29, 0.717) is 30.4 Å². The average molecular weight is 532 g/mol. The van der Waals surface area contributed by atoms with Gasteiger partial charge in [-0.25, -0.2) is 0 Å². The zero-order valence-corrected chi connectivity index (χ0v) is 24.6. The number of nitrogens with one attached hydrogen (secondary N) is 1. The van der Waals surface area contributed by atoms with E-state index in [2.05, 4.69) is 46.9 Å². The molecular formula is C30H49N3O5. The predicted molar refractivity (Wildman–Crippen MR) is 157 cm³/mol. The zero-order valence-electron chi connectivity index (χ0n) is 24.6. The second-order valence-electron chi connectivity index (χ2n) is 11.4. The minimum atomic E-state index is -0.873. The van der Waals surface area contributed by atoms with Crippen LogP contribution in [0.2, 0.25) is 0 Å². The number of aliphatic hydroxyl groups is 1. The van der Waals surface area contributed by atoms with Crippen molar-refractivity contribution in [3.05, 3.63) is 44.2 Å². The minimum Gasteiger partial charge on any atom is -0.493 e. The molecule has 0 amide bonds. The lowest BCUT2D eigenvalue weighted by molar-refractivity contribution is 0.137. The Bertz CT molecular complexity index is 1090. The topological polar surface area (TPSA) is 114 Å². The molecule has 0 radical (unpaired) electrons. The quantitative estimate of drug-likeness (QED) is 0.262. The number of aliphatic hydroxyl groups excluding tert-OH is 1. The molecule has 8 heteroatoms. The van der Waals surface area contributed by atoms with E-state index in [1.54, 1.807) is 7.11 Å². The monoisotopic (exact) mass is 531 g/mol. The molecule has 2 aromatic rings. The summed E-state index contributed by atoms with van der Waals surface area (Å²) in [5.41, 5.74) is 6.93. The van der Waals surface area contributed by atoms with Crippen LogP contribution in [0.25, 0.3) is 0 Å². The van der Waals surface area contributed by atoms with Crippen LogP contribution in [0.15, 0.2) is 27.8 Å². The van der Waals surface area contributed by atoms with Gasteiger partial charge in [-0.15, -0.1) is 0 Å². The summed E-state index contributed by atoms with van der Waals surface area (Å²) >= 11 is 0. The first-order valence-corrected chi connectivity index (χ1v) is 13.9. The summed E-state index contributed by atoms with van der Waals surface area (Å²) in [5, 5.41) is 13.9. The third kappa shape index (κ3) is 7.73. The van der Waals surface area contributed by atoms with Crippen molar-refractivity contribution in [2.45, 2.75) is 91.3 Å². The summed E-state index contributed by atoms with van der Waals surface area (Å²) in [4.78, 5) is 26.6. The Morgan fingerprint density at radius 3 is 2.37 bits per heavy atom. The van der Waals surface area contributed by atoms with Crippen LogP contribution in [-0.2, 0) is 6.42 Å². The van der Waals surface area contributed by atoms with Crippen LogP contribution in [0.1, 0.15) is 72.8 Å². The molecule has 0 aliphatic rings. The molecule has 0 heterocycles. The second kappa shape index (κ2) is 14.0. The molecule has 0 saturated carbocycles. The van der Waals surface area contributed by atoms with Gasteiger partial charge in [-0.2, -0.15) is 0 Å². The second-order valence-corrected chi connectivity index (χ2v) is 11.4. The number of methoxy groups -OCH3 is 1. The normalized spacial score (nSPS) is 14.4. The van der Waals surface area contributed by atoms with Crippen molar-refractivity contribution in [3.8, 4) is 11.5 Å². The van der Waals surface area contributed by atoms with Crippen LogP contribution in [0, 0.1) is 11.8 Å². The van der Waals surface area contributed by atoms with Crippen molar-refractivity contribution in [3.63, 3.8) is 0 Å². The van der Waals surface area contributed by atoms with E-state index in [0.717, 1.165) is 37.0 Å². The number of nitrogens with two attached hydrogens (primary N) is 1. The maximum atomic E-state index is 12.4. The van der Waals surface area contributed by atoms with Gasteiger partial charge in [-0.05, 0) is 69.1 Å². The summed E-state index contributed by atoms with van der Waals surface area (Å²) in [6, 6.07) is 5.50. The van der Waals surface area contributed by atoms with E-state index >= 15 is 0 Å². The van der Waals surface area contributed by atoms with Crippen molar-refractivity contribution in [1.29, 1.82) is 0 Å². The zero-order chi connectivity index (χ0) is 28.6. The predicted octanol–water partition coefficient (Wildman–Crippen LogP) is 4.10. The summed E-state index contributed by atoms with van der Waals surface area (Å²) in [6.07, 6.45) is 3.28. The Balaban J connectivity index is 2.06. The lowest BCUT2D eigenvalue weighted by Gasteiger charge is -2.38. The number of benzene rings is 1. The van der Waals surface area contributed by atoms with E-state index in [1.165, 1.54) is 0 Å². The fourth-order valence-electron chi connectivity index (χ4n) is 4.88. The maximum absolute atomic E-state index is 12.4. The highest BCUT2D eigenvalue weighted by molar-refractivity contribution is 5.75. The molecule has 0 saturated heterocycles. The van der Waals surface area contributed by atoms with Crippen molar-refractivity contribution in [2.75, 3.05) is 37.5 Å². The highest BCUT2D eigenvalue weighted by Gasteiger charge is 2.32. The molecule has 0 bridgehead atoms. The number of hydrogen-bond donors (Lipinski definition) is 3. The number of hydrogen-bond acceptors (Lipinski definition) is 8. The Morgan fingerprint density at radius 1 is 1.11 bits per heavy atom. The molecule has 214 valence electrons. The van der Waals surface area contributed by atoms with Gasteiger partial charge >= 0.3 is 0 Å². The van der Waals surface area contributed by atoms with Crippen molar-refractivity contribution >= 4 is 11.4 Å². The third-order valence-electron chi connectivity index (χ3n) is 7.68. The Kier molecular flexibility index (Phi) is 11.6. The summed E-state index contributed by atoms with van der Waals surface area (Å²) in [6.45, 7) is 13.3. The van der Waals surface area contributed by atoms with Gasteiger partial charge in [0.05, 0.1) is 19.8 Å². The molecule has 0 aliphatic heterocycles. The van der Waals surface area contributed by atoms with Crippen LogP contribution < -0.4 is 36.3 Å². The average Bonchev–Trinajstić information content (AvgIpc) is 2.88. The van der Waals surface area contributed by atoms with E-state index in [9.17, 15) is 14.7 Å². The largest absolute Gasteiger partial charge is 0.493 e. The molecule has 0 fully saturated rings. The van der Waals surface area contributed by atoms with E-state index in [1.807, 2.05) is 30.1 Å². The SMILES string of the molecule is CCCOc1cc(CC(CC(N)[C@@H](O)CNc2c(N(C)C(C)(C)CCC)c(=O)c2=O)C(C)C)ccc1OC. The lowest BCUT2D eigenvalue weighted by atomic mass is 9.83. The lowest BCUT2D eigenvalue weighted by Crippen LogP contribution is -2.50. The summed E-state index contributed by atoms with van der Waals surface area (Å²) in [7, 11) is 3.47. The molecular weight excluding hydrogens is 482 g/mol. The Morgan fingerprint density at radius 2 is 1.79 bits per heavy atom. The van der Waals surface area contributed by atoms with E-state index in [-0.39, 0.29) is 23.7 Å². The molecule has 8 nitrogen and oxygen atoms in total. The molecule has 0 aromatic heterocycles. The number of anilines is 2. The van der Waals surface area contributed by atoms with Crippen LogP contribution in [0.5, 0.6) is 11.5 Å². The summed E-state index contributed by atoms with van der Waals surface area (Å²) < 4.78 is 11.3. The maximum Gasteiger partial charge on any atom is 0.253 e. The smallest absolute Gasteiger partial charge is 0.253 e. The summed E-state index contributed by atoms with van der Waals surface area (Å²) in [5.74, 6) is 2.02. The highest BCUT2D eigenvalue weighted by Crippen LogP contribution is 2.32. The first kappa shape index (κ1) is 31.6. The molecule has 0 spiro atoms.